The quantitative estimate of drug-likeness (QED) is 0.702. The topological polar surface area (TPSA) is 12.0 Å². The molecule has 0 aromatic rings. The minimum absolute atomic E-state index is 0.0353. The lowest BCUT2D eigenvalue weighted by Gasteiger charge is -2.20. The third-order valence-corrected chi connectivity index (χ3v) is 2.75. The SMILES string of the molecule is CCC(NCCSC(F)(F)F)C(C)C. The number of hydrogen-bond donors (Lipinski definition) is 1. The van der Waals surface area contributed by atoms with Crippen LogP contribution in [0.5, 0.6) is 0 Å². The minimum atomic E-state index is -4.10. The maximum atomic E-state index is 11.8. The molecule has 86 valence electrons. The third kappa shape index (κ3) is 7.50. The summed E-state index contributed by atoms with van der Waals surface area (Å²) in [7, 11) is 0. The zero-order valence-electron chi connectivity index (χ0n) is 8.82. The average molecular weight is 229 g/mol. The lowest BCUT2D eigenvalue weighted by Crippen LogP contribution is -2.34. The molecule has 0 aliphatic carbocycles. The van der Waals surface area contributed by atoms with Crippen LogP contribution in [0.3, 0.4) is 0 Å². The molecule has 0 radical (unpaired) electrons. The van der Waals surface area contributed by atoms with Gasteiger partial charge in [-0.05, 0) is 24.1 Å². The Balaban J connectivity index is 3.52. The van der Waals surface area contributed by atoms with E-state index >= 15 is 0 Å². The summed E-state index contributed by atoms with van der Waals surface area (Å²) in [5.74, 6) is 0.558. The van der Waals surface area contributed by atoms with Crippen LogP contribution in [0.1, 0.15) is 27.2 Å². The molecule has 0 heterocycles. The van der Waals surface area contributed by atoms with E-state index in [1.54, 1.807) is 0 Å². The van der Waals surface area contributed by atoms with E-state index in [9.17, 15) is 13.2 Å². The van der Waals surface area contributed by atoms with E-state index in [0.29, 0.717) is 18.5 Å². The molecule has 0 aliphatic heterocycles. The minimum Gasteiger partial charge on any atom is -0.313 e. The summed E-state index contributed by atoms with van der Waals surface area (Å²) >= 11 is 0.0353. The van der Waals surface area contributed by atoms with Gasteiger partial charge < -0.3 is 5.32 Å². The van der Waals surface area contributed by atoms with E-state index in [4.69, 9.17) is 0 Å². The van der Waals surface area contributed by atoms with Gasteiger partial charge >= 0.3 is 5.51 Å². The van der Waals surface area contributed by atoms with Crippen molar-refractivity contribution in [2.24, 2.45) is 5.92 Å². The number of alkyl halides is 3. The fourth-order valence-electron chi connectivity index (χ4n) is 1.26. The first kappa shape index (κ1) is 14.1. The molecule has 0 saturated carbocycles. The van der Waals surface area contributed by atoms with Crippen LogP contribution >= 0.6 is 11.8 Å². The highest BCUT2D eigenvalue weighted by atomic mass is 32.2. The molecule has 0 saturated heterocycles. The van der Waals surface area contributed by atoms with Crippen LogP contribution in [0.25, 0.3) is 0 Å². The largest absolute Gasteiger partial charge is 0.441 e. The molecule has 0 aliphatic rings. The van der Waals surface area contributed by atoms with E-state index in [0.717, 1.165) is 6.42 Å². The van der Waals surface area contributed by atoms with E-state index in [-0.39, 0.29) is 17.5 Å². The van der Waals surface area contributed by atoms with Gasteiger partial charge in [0.05, 0.1) is 0 Å². The molecule has 5 heteroatoms. The first-order valence-corrected chi connectivity index (χ1v) is 5.79. The van der Waals surface area contributed by atoms with E-state index < -0.39 is 5.51 Å². The second-order valence-corrected chi connectivity index (χ2v) is 4.67. The van der Waals surface area contributed by atoms with Crippen LogP contribution < -0.4 is 5.32 Å². The summed E-state index contributed by atoms with van der Waals surface area (Å²) in [6.45, 7) is 6.59. The van der Waals surface area contributed by atoms with Gasteiger partial charge in [0.25, 0.3) is 0 Å². The second kappa shape index (κ2) is 6.56. The van der Waals surface area contributed by atoms with Crippen molar-refractivity contribution in [1.29, 1.82) is 0 Å². The van der Waals surface area contributed by atoms with Crippen LogP contribution in [-0.2, 0) is 0 Å². The van der Waals surface area contributed by atoms with E-state index in [1.165, 1.54) is 0 Å². The number of hydrogen-bond acceptors (Lipinski definition) is 2. The van der Waals surface area contributed by atoms with Gasteiger partial charge in [-0.2, -0.15) is 13.2 Å². The normalized spacial score (nSPS) is 14.8. The highest BCUT2D eigenvalue weighted by Crippen LogP contribution is 2.29. The van der Waals surface area contributed by atoms with Gasteiger partial charge in [-0.1, -0.05) is 20.8 Å². The van der Waals surface area contributed by atoms with Crippen molar-refractivity contribution < 1.29 is 13.2 Å². The fraction of sp³-hybridized carbons (Fsp3) is 1.00. The predicted molar refractivity (Wildman–Crippen MR) is 55.4 cm³/mol. The summed E-state index contributed by atoms with van der Waals surface area (Å²) in [6, 6.07) is 0.323. The van der Waals surface area contributed by atoms with Crippen molar-refractivity contribution in [1.82, 2.24) is 5.32 Å². The summed E-state index contributed by atoms with van der Waals surface area (Å²) in [5, 5.41) is 3.12. The summed E-state index contributed by atoms with van der Waals surface area (Å²) in [5.41, 5.74) is -4.10. The Bertz CT molecular complexity index is 147. The molecular weight excluding hydrogens is 211 g/mol. The third-order valence-electron chi connectivity index (χ3n) is 2.02. The molecule has 0 aromatic carbocycles. The molecule has 1 nitrogen and oxygen atoms in total. The fourth-order valence-corrected chi connectivity index (χ4v) is 1.71. The Hall–Kier alpha value is 0.100. The van der Waals surface area contributed by atoms with Gasteiger partial charge in [0.2, 0.25) is 0 Å². The highest BCUT2D eigenvalue weighted by molar-refractivity contribution is 8.00. The zero-order chi connectivity index (χ0) is 11.2. The standard InChI is InChI=1S/C9H18F3NS/c1-4-8(7(2)3)13-5-6-14-9(10,11)12/h7-8,13H,4-6H2,1-3H3. The van der Waals surface area contributed by atoms with Crippen molar-refractivity contribution in [3.05, 3.63) is 0 Å². The van der Waals surface area contributed by atoms with E-state index in [2.05, 4.69) is 19.2 Å². The van der Waals surface area contributed by atoms with Gasteiger partial charge in [0.1, 0.15) is 0 Å². The number of halogens is 3. The average Bonchev–Trinajstić information content (AvgIpc) is 2.01. The summed E-state index contributed by atoms with van der Waals surface area (Å²) in [4.78, 5) is 0. The molecule has 1 unspecified atom stereocenters. The molecule has 1 N–H and O–H groups in total. The number of nitrogens with one attached hydrogen (secondary N) is 1. The predicted octanol–water partition coefficient (Wildman–Crippen LogP) is 3.26. The molecule has 0 rings (SSSR count). The molecule has 0 fully saturated rings. The lowest BCUT2D eigenvalue weighted by molar-refractivity contribution is -0.0327. The van der Waals surface area contributed by atoms with Gasteiger partial charge in [-0.15, -0.1) is 0 Å². The van der Waals surface area contributed by atoms with Crippen LogP contribution in [0.2, 0.25) is 0 Å². The molecular formula is C9H18F3NS. The number of rotatable bonds is 6. The highest BCUT2D eigenvalue weighted by Gasteiger charge is 2.27. The zero-order valence-corrected chi connectivity index (χ0v) is 9.63. The number of thioether (sulfide) groups is 1. The molecule has 0 bridgehead atoms. The van der Waals surface area contributed by atoms with Crippen molar-refractivity contribution >= 4 is 11.8 Å². The van der Waals surface area contributed by atoms with Crippen LogP contribution in [-0.4, -0.2) is 23.8 Å². The molecule has 0 aromatic heterocycles. The first-order chi connectivity index (χ1) is 6.37. The Morgan fingerprint density at radius 1 is 1.29 bits per heavy atom. The first-order valence-electron chi connectivity index (χ1n) is 4.81. The van der Waals surface area contributed by atoms with Gasteiger partial charge in [-0.25, -0.2) is 0 Å². The molecule has 14 heavy (non-hydrogen) atoms. The van der Waals surface area contributed by atoms with Crippen molar-refractivity contribution in [2.75, 3.05) is 12.3 Å². The Morgan fingerprint density at radius 2 is 1.86 bits per heavy atom. The van der Waals surface area contributed by atoms with Crippen LogP contribution in [0.15, 0.2) is 0 Å². The van der Waals surface area contributed by atoms with Crippen LogP contribution in [0, 0.1) is 5.92 Å². The molecule has 0 spiro atoms. The summed E-state index contributed by atoms with van der Waals surface area (Å²) in [6.07, 6.45) is 0.953. The van der Waals surface area contributed by atoms with Crippen molar-refractivity contribution in [3.63, 3.8) is 0 Å². The van der Waals surface area contributed by atoms with Gasteiger partial charge in [0.15, 0.2) is 0 Å². The smallest absolute Gasteiger partial charge is 0.313 e. The molecule has 1 atom stereocenters. The maximum Gasteiger partial charge on any atom is 0.441 e. The van der Waals surface area contributed by atoms with Crippen LogP contribution in [0.4, 0.5) is 13.2 Å². The Morgan fingerprint density at radius 3 is 2.21 bits per heavy atom. The molecule has 0 amide bonds. The van der Waals surface area contributed by atoms with Crippen molar-refractivity contribution in [3.8, 4) is 0 Å². The van der Waals surface area contributed by atoms with Crippen molar-refractivity contribution in [2.45, 2.75) is 38.7 Å². The maximum absolute atomic E-state index is 11.8. The second-order valence-electron chi connectivity index (χ2n) is 3.51. The summed E-state index contributed by atoms with van der Waals surface area (Å²) < 4.78 is 35.3. The van der Waals surface area contributed by atoms with E-state index in [1.807, 2.05) is 6.92 Å². The Labute approximate surface area is 87.8 Å². The Kier molecular flexibility index (Phi) is 6.61. The monoisotopic (exact) mass is 229 g/mol. The van der Waals surface area contributed by atoms with Gasteiger partial charge in [0, 0.05) is 18.3 Å². The van der Waals surface area contributed by atoms with Gasteiger partial charge in [-0.3, -0.25) is 0 Å². The lowest BCUT2D eigenvalue weighted by atomic mass is 10.0.